The maximum absolute atomic E-state index is 9.67. The van der Waals surface area contributed by atoms with Crippen LogP contribution in [0.25, 0.3) is 5.57 Å². The van der Waals surface area contributed by atoms with Gasteiger partial charge in [0.2, 0.25) is 0 Å². The summed E-state index contributed by atoms with van der Waals surface area (Å²) >= 11 is 5.81. The number of allylic oxidation sites excluding steroid dienone is 1. The van der Waals surface area contributed by atoms with E-state index in [4.69, 9.17) is 21.6 Å². The molecule has 0 saturated heterocycles. The largest absolute Gasteiger partial charge is 0.508 e. The van der Waals surface area contributed by atoms with Crippen molar-refractivity contribution in [2.75, 3.05) is 13.2 Å². The van der Waals surface area contributed by atoms with Crippen molar-refractivity contribution < 1.29 is 9.84 Å². The van der Waals surface area contributed by atoms with Gasteiger partial charge in [0.15, 0.2) is 0 Å². The van der Waals surface area contributed by atoms with Crippen molar-refractivity contribution in [2.24, 2.45) is 0 Å². The first-order valence-corrected chi connectivity index (χ1v) is 5.22. The van der Waals surface area contributed by atoms with E-state index in [1.54, 1.807) is 24.3 Å². The Kier molecular flexibility index (Phi) is 4.84. The van der Waals surface area contributed by atoms with Gasteiger partial charge >= 0.3 is 0 Å². The molecule has 0 amide bonds. The van der Waals surface area contributed by atoms with E-state index in [-0.39, 0.29) is 17.9 Å². The van der Waals surface area contributed by atoms with E-state index in [1.165, 1.54) is 0 Å². The predicted molar refractivity (Wildman–Crippen MR) is 63.1 cm³/mol. The van der Waals surface area contributed by atoms with Crippen molar-refractivity contribution in [3.63, 3.8) is 0 Å². The highest BCUT2D eigenvalue weighted by Gasteiger charge is 2.08. The lowest BCUT2D eigenvalue weighted by atomic mass is 10.1. The Morgan fingerprint density at radius 1 is 1.56 bits per heavy atom. The zero-order valence-corrected chi connectivity index (χ0v) is 9.66. The van der Waals surface area contributed by atoms with Gasteiger partial charge in [0.25, 0.3) is 0 Å². The quantitative estimate of drug-likeness (QED) is 0.646. The van der Waals surface area contributed by atoms with E-state index >= 15 is 0 Å². The molecule has 0 saturated carbocycles. The van der Waals surface area contributed by atoms with Crippen LogP contribution in [-0.4, -0.2) is 18.3 Å². The summed E-state index contributed by atoms with van der Waals surface area (Å²) in [5.41, 5.74) is 0.781. The molecule has 0 aliphatic carbocycles. The highest BCUT2D eigenvalue weighted by molar-refractivity contribution is 6.30. The summed E-state index contributed by atoms with van der Waals surface area (Å²) < 4.78 is 5.04. The minimum atomic E-state index is -0.0772. The number of benzene rings is 1. The summed E-state index contributed by atoms with van der Waals surface area (Å²) in [5.74, 6) is -0.0772. The zero-order valence-electron chi connectivity index (χ0n) is 8.90. The van der Waals surface area contributed by atoms with Gasteiger partial charge in [-0.05, 0) is 24.6 Å². The van der Waals surface area contributed by atoms with Crippen LogP contribution in [-0.2, 0) is 4.74 Å². The predicted octanol–water partition coefficient (Wildman–Crippen LogP) is 3.17. The molecule has 1 rings (SSSR count). The maximum Gasteiger partial charge on any atom is 0.136 e. The van der Waals surface area contributed by atoms with Crippen LogP contribution in [0.4, 0.5) is 0 Å². The second kappa shape index (κ2) is 6.16. The molecule has 0 heterocycles. The lowest BCUT2D eigenvalue weighted by Crippen LogP contribution is -2.00. The molecule has 0 spiro atoms. The van der Waals surface area contributed by atoms with Crippen LogP contribution in [0, 0.1) is 11.3 Å². The molecular weight excluding hydrogens is 226 g/mol. The first-order valence-electron chi connectivity index (χ1n) is 4.85. The number of hydrogen-bond acceptors (Lipinski definition) is 3. The van der Waals surface area contributed by atoms with Gasteiger partial charge < -0.3 is 9.84 Å². The molecule has 0 fully saturated rings. The van der Waals surface area contributed by atoms with Crippen molar-refractivity contribution in [3.05, 3.63) is 40.6 Å². The number of halogens is 1. The van der Waals surface area contributed by atoms with E-state index in [2.05, 4.69) is 0 Å². The van der Waals surface area contributed by atoms with Crippen LogP contribution in [0.3, 0.4) is 0 Å². The Morgan fingerprint density at radius 3 is 2.88 bits per heavy atom. The van der Waals surface area contributed by atoms with Gasteiger partial charge in [-0.2, -0.15) is 5.26 Å². The first kappa shape index (κ1) is 12.6. The van der Waals surface area contributed by atoms with Gasteiger partial charge in [-0.15, -0.1) is 0 Å². The average molecular weight is 238 g/mol. The minimum Gasteiger partial charge on any atom is -0.508 e. The Balaban J connectivity index is 3.03. The molecule has 0 aliphatic rings. The fraction of sp³-hybridized carbons (Fsp3) is 0.250. The zero-order chi connectivity index (χ0) is 12.0. The Labute approximate surface area is 99.5 Å². The molecule has 84 valence electrons. The molecule has 0 atom stereocenters. The van der Waals surface area contributed by atoms with Crippen molar-refractivity contribution in [1.82, 2.24) is 0 Å². The summed E-state index contributed by atoms with van der Waals surface area (Å²) in [5, 5.41) is 19.2. The van der Waals surface area contributed by atoms with Gasteiger partial charge in [-0.25, -0.2) is 0 Å². The van der Waals surface area contributed by atoms with Crippen molar-refractivity contribution in [2.45, 2.75) is 6.92 Å². The summed E-state index contributed by atoms with van der Waals surface area (Å²) in [7, 11) is 0. The van der Waals surface area contributed by atoms with Gasteiger partial charge in [0.1, 0.15) is 18.4 Å². The molecular formula is C12H12ClNO2. The summed E-state index contributed by atoms with van der Waals surface area (Å²) in [6.45, 7) is 2.34. The highest BCUT2D eigenvalue weighted by Crippen LogP contribution is 2.20. The van der Waals surface area contributed by atoms with Crippen molar-refractivity contribution >= 4 is 17.2 Å². The SMILES string of the molecule is CCOCC(O)=C(C#N)c1cccc(Cl)c1. The van der Waals surface area contributed by atoms with Crippen molar-refractivity contribution in [1.29, 1.82) is 5.26 Å². The van der Waals surface area contributed by atoms with Crippen LogP contribution >= 0.6 is 11.6 Å². The molecule has 16 heavy (non-hydrogen) atoms. The molecule has 0 bridgehead atoms. The topological polar surface area (TPSA) is 53.2 Å². The Bertz CT molecular complexity index is 435. The van der Waals surface area contributed by atoms with Crippen LogP contribution in [0.1, 0.15) is 12.5 Å². The smallest absolute Gasteiger partial charge is 0.136 e. The van der Waals surface area contributed by atoms with E-state index in [0.717, 1.165) is 0 Å². The van der Waals surface area contributed by atoms with E-state index < -0.39 is 0 Å². The maximum atomic E-state index is 9.67. The second-order valence-electron chi connectivity index (χ2n) is 3.08. The summed E-state index contributed by atoms with van der Waals surface area (Å²) in [6.07, 6.45) is 0. The van der Waals surface area contributed by atoms with E-state index in [9.17, 15) is 5.11 Å². The highest BCUT2D eigenvalue weighted by atomic mass is 35.5. The molecule has 1 N–H and O–H groups in total. The van der Waals surface area contributed by atoms with Gasteiger partial charge in [0.05, 0.1) is 5.57 Å². The van der Waals surface area contributed by atoms with Crippen LogP contribution in [0.5, 0.6) is 0 Å². The Hall–Kier alpha value is -1.50. The van der Waals surface area contributed by atoms with Gasteiger partial charge in [0, 0.05) is 11.6 Å². The monoisotopic (exact) mass is 237 g/mol. The fourth-order valence-electron chi connectivity index (χ4n) is 1.21. The number of hydrogen-bond donors (Lipinski definition) is 1. The molecule has 0 unspecified atom stereocenters. The molecule has 0 aliphatic heterocycles. The second-order valence-corrected chi connectivity index (χ2v) is 3.52. The third-order valence-electron chi connectivity index (χ3n) is 1.96. The minimum absolute atomic E-state index is 0.0336. The lowest BCUT2D eigenvalue weighted by Gasteiger charge is -2.05. The van der Waals surface area contributed by atoms with Crippen LogP contribution < -0.4 is 0 Å². The van der Waals surface area contributed by atoms with E-state index in [0.29, 0.717) is 17.2 Å². The molecule has 1 aromatic rings. The number of aliphatic hydroxyl groups is 1. The first-order chi connectivity index (χ1) is 7.69. The summed E-state index contributed by atoms with van der Waals surface area (Å²) in [4.78, 5) is 0. The summed E-state index contributed by atoms with van der Waals surface area (Å²) in [6, 6.07) is 8.72. The third kappa shape index (κ3) is 3.27. The van der Waals surface area contributed by atoms with Gasteiger partial charge in [-0.3, -0.25) is 0 Å². The fourth-order valence-corrected chi connectivity index (χ4v) is 1.40. The molecule has 3 nitrogen and oxygen atoms in total. The van der Waals surface area contributed by atoms with Crippen LogP contribution in [0.2, 0.25) is 5.02 Å². The Morgan fingerprint density at radius 2 is 2.31 bits per heavy atom. The number of aliphatic hydroxyl groups excluding tert-OH is 1. The molecule has 0 radical (unpaired) electrons. The van der Waals surface area contributed by atoms with Crippen LogP contribution in [0.15, 0.2) is 30.0 Å². The van der Waals surface area contributed by atoms with E-state index in [1.807, 2.05) is 13.0 Å². The number of nitrogens with zero attached hydrogens (tertiary/aromatic N) is 1. The lowest BCUT2D eigenvalue weighted by molar-refractivity contribution is 0.141. The van der Waals surface area contributed by atoms with Gasteiger partial charge in [-0.1, -0.05) is 23.7 Å². The number of nitriles is 1. The molecule has 0 aromatic heterocycles. The number of ether oxygens (including phenoxy) is 1. The van der Waals surface area contributed by atoms with Crippen molar-refractivity contribution in [3.8, 4) is 6.07 Å². The third-order valence-corrected chi connectivity index (χ3v) is 2.19. The number of rotatable bonds is 4. The molecule has 4 heteroatoms. The average Bonchev–Trinajstić information content (AvgIpc) is 2.27. The normalized spacial score (nSPS) is 11.8. The molecule has 1 aromatic carbocycles. The standard InChI is InChI=1S/C12H12ClNO2/c1-2-16-8-12(15)11(7-14)9-4-3-5-10(13)6-9/h3-6,15H,2,8H2,1H3.